The molecule has 2 atom stereocenters. The molecule has 1 heterocycles. The van der Waals surface area contributed by atoms with Crippen molar-refractivity contribution in [1.82, 2.24) is 4.98 Å². The summed E-state index contributed by atoms with van der Waals surface area (Å²) in [7, 11) is 2.04. The topological polar surface area (TPSA) is 46.4 Å². The molecule has 3 aromatic rings. The molecular weight excluding hydrogens is 342 g/mol. The van der Waals surface area contributed by atoms with E-state index < -0.39 is 0 Å². The first-order valence-corrected chi connectivity index (χ1v) is 9.83. The number of amides is 1. The largest absolute Gasteiger partial charge is 0.322 e. The van der Waals surface area contributed by atoms with Gasteiger partial charge in [-0.25, -0.2) is 4.98 Å². The molecule has 0 fully saturated rings. The predicted octanol–water partition coefficient (Wildman–Crippen LogP) is 3.63. The minimum absolute atomic E-state index is 0.0211. The first-order valence-electron chi connectivity index (χ1n) is 9.01. The quantitative estimate of drug-likeness (QED) is 0.698. The molecule has 1 amide bonds. The number of aromatic nitrogens is 1. The van der Waals surface area contributed by atoms with Crippen molar-refractivity contribution in [2.45, 2.75) is 32.7 Å². The van der Waals surface area contributed by atoms with Crippen LogP contribution in [0.4, 0.5) is 5.69 Å². The Kier molecular flexibility index (Phi) is 5.69. The van der Waals surface area contributed by atoms with Crippen LogP contribution < -0.4 is 10.2 Å². The molecule has 1 aromatic heterocycles. The number of likely N-dealkylation sites (N-methyl/N-ethyl adjacent to an activating group) is 1. The van der Waals surface area contributed by atoms with Gasteiger partial charge in [0.2, 0.25) is 0 Å². The second-order valence-corrected chi connectivity index (χ2v) is 8.15. The Morgan fingerprint density at radius 2 is 1.81 bits per heavy atom. The van der Waals surface area contributed by atoms with Crippen LogP contribution in [-0.4, -0.2) is 24.5 Å². The van der Waals surface area contributed by atoms with Gasteiger partial charge in [-0.3, -0.25) is 4.79 Å². The molecule has 0 aliphatic carbocycles. The van der Waals surface area contributed by atoms with E-state index in [1.54, 1.807) is 11.3 Å². The average molecular weight is 369 g/mol. The molecule has 0 spiro atoms. The summed E-state index contributed by atoms with van der Waals surface area (Å²) in [5.74, 6) is 0.512. The molecule has 0 saturated heterocycles. The van der Waals surface area contributed by atoms with E-state index >= 15 is 0 Å². The number of hydrogen-bond acceptors (Lipinski definition) is 3. The van der Waals surface area contributed by atoms with Crippen molar-refractivity contribution in [1.29, 1.82) is 0 Å². The molecule has 1 unspecified atom stereocenters. The van der Waals surface area contributed by atoms with Crippen LogP contribution in [0.15, 0.2) is 48.5 Å². The fraction of sp³-hybridized carbons (Fsp3) is 0.333. The molecule has 2 N–H and O–H groups in total. The lowest BCUT2D eigenvalue weighted by Gasteiger charge is -2.19. The van der Waals surface area contributed by atoms with E-state index in [1.165, 1.54) is 10.3 Å². The number of rotatable bonds is 6. The third-order valence-electron chi connectivity index (χ3n) is 4.72. The minimum Gasteiger partial charge on any atom is -0.322 e. The number of nitrogens with one attached hydrogen (secondary N) is 2. The summed E-state index contributed by atoms with van der Waals surface area (Å²) in [6, 6.07) is 16.4. The summed E-state index contributed by atoms with van der Waals surface area (Å²) in [5.41, 5.74) is 3.15. The number of carbonyl (C=O) groups is 1. The summed E-state index contributed by atoms with van der Waals surface area (Å²) in [6.45, 7) is 6.85. The van der Waals surface area contributed by atoms with Gasteiger partial charge in [-0.05, 0) is 42.7 Å². The molecule has 0 bridgehead atoms. The van der Waals surface area contributed by atoms with Crippen molar-refractivity contribution in [2.24, 2.45) is 0 Å². The van der Waals surface area contributed by atoms with Crippen LogP contribution in [0.2, 0.25) is 0 Å². The summed E-state index contributed by atoms with van der Waals surface area (Å²) >= 11 is 1.71. The number of benzene rings is 2. The summed E-state index contributed by atoms with van der Waals surface area (Å²) in [4.78, 5) is 18.2. The van der Waals surface area contributed by atoms with Gasteiger partial charge < -0.3 is 10.2 Å². The van der Waals surface area contributed by atoms with E-state index in [1.807, 2.05) is 37.4 Å². The van der Waals surface area contributed by atoms with E-state index in [2.05, 4.69) is 44.3 Å². The van der Waals surface area contributed by atoms with E-state index in [9.17, 15) is 4.79 Å². The second-order valence-electron chi connectivity index (χ2n) is 7.09. The number of carbonyl (C=O) groups excluding carboxylic acids is 1. The highest BCUT2D eigenvalue weighted by atomic mass is 32.1. The first kappa shape index (κ1) is 18.5. The maximum Gasteiger partial charge on any atom is 0.279 e. The molecule has 136 valence electrons. The van der Waals surface area contributed by atoms with Gasteiger partial charge >= 0.3 is 0 Å². The van der Waals surface area contributed by atoms with Gasteiger partial charge in [-0.1, -0.05) is 38.1 Å². The predicted molar refractivity (Wildman–Crippen MR) is 109 cm³/mol. The van der Waals surface area contributed by atoms with Crippen LogP contribution in [-0.2, 0) is 4.79 Å². The fourth-order valence-electron chi connectivity index (χ4n) is 2.85. The van der Waals surface area contributed by atoms with Crippen molar-refractivity contribution in [3.63, 3.8) is 0 Å². The Labute approximate surface area is 158 Å². The average Bonchev–Trinajstić information content (AvgIpc) is 3.05. The van der Waals surface area contributed by atoms with E-state index in [0.29, 0.717) is 12.5 Å². The maximum atomic E-state index is 12.4. The van der Waals surface area contributed by atoms with E-state index in [4.69, 9.17) is 4.98 Å². The number of fused-ring (bicyclic) bond motifs is 1. The van der Waals surface area contributed by atoms with Gasteiger partial charge in [0.05, 0.1) is 17.3 Å². The highest BCUT2D eigenvalue weighted by Gasteiger charge is 2.22. The van der Waals surface area contributed by atoms with Crippen molar-refractivity contribution in [3.05, 3.63) is 59.1 Å². The zero-order valence-corrected chi connectivity index (χ0v) is 16.6. The van der Waals surface area contributed by atoms with E-state index in [0.717, 1.165) is 21.1 Å². The molecule has 0 radical (unpaired) electrons. The lowest BCUT2D eigenvalue weighted by Crippen LogP contribution is -3.10. The fourth-order valence-corrected chi connectivity index (χ4v) is 3.96. The van der Waals surface area contributed by atoms with Crippen molar-refractivity contribution in [2.75, 3.05) is 18.9 Å². The lowest BCUT2D eigenvalue weighted by molar-refractivity contribution is -0.902. The van der Waals surface area contributed by atoms with Crippen molar-refractivity contribution in [3.8, 4) is 0 Å². The summed E-state index contributed by atoms with van der Waals surface area (Å²) in [5, 5.41) is 4.06. The van der Waals surface area contributed by atoms with Crippen LogP contribution >= 0.6 is 11.3 Å². The standard InChI is InChI=1S/C21H25N3OS/c1-14(2)16-9-11-17(12-10-16)22-20(25)13-24(4)15(3)21-23-18-7-5-6-8-19(18)26-21/h5-12,14-15H,13H2,1-4H3,(H,22,25)/p+1/t15-/m1/s1. The highest BCUT2D eigenvalue weighted by molar-refractivity contribution is 7.18. The maximum absolute atomic E-state index is 12.4. The van der Waals surface area contributed by atoms with Crippen molar-refractivity contribution >= 4 is 33.1 Å². The van der Waals surface area contributed by atoms with Crippen LogP contribution in [0.5, 0.6) is 0 Å². The Hall–Kier alpha value is -2.24. The Balaban J connectivity index is 1.61. The number of quaternary nitrogens is 1. The molecular formula is C21H26N3OS+. The van der Waals surface area contributed by atoms with Gasteiger partial charge in [0.25, 0.3) is 5.91 Å². The number of para-hydroxylation sites is 1. The Morgan fingerprint density at radius 1 is 1.12 bits per heavy atom. The Bertz CT molecular complexity index is 853. The first-order chi connectivity index (χ1) is 12.4. The summed E-state index contributed by atoms with van der Waals surface area (Å²) < 4.78 is 1.19. The molecule has 0 aliphatic heterocycles. The van der Waals surface area contributed by atoms with Gasteiger partial charge in [0.15, 0.2) is 11.6 Å². The van der Waals surface area contributed by atoms with Gasteiger partial charge in [-0.2, -0.15) is 0 Å². The summed E-state index contributed by atoms with van der Waals surface area (Å²) in [6.07, 6.45) is 0. The zero-order valence-electron chi connectivity index (χ0n) is 15.7. The second kappa shape index (κ2) is 7.98. The monoisotopic (exact) mass is 368 g/mol. The molecule has 2 aromatic carbocycles. The number of anilines is 1. The van der Waals surface area contributed by atoms with Crippen molar-refractivity contribution < 1.29 is 9.69 Å². The molecule has 0 aliphatic rings. The van der Waals surface area contributed by atoms with Gasteiger partial charge in [0.1, 0.15) is 6.04 Å². The molecule has 0 saturated carbocycles. The van der Waals surface area contributed by atoms with Gasteiger partial charge in [0, 0.05) is 5.69 Å². The lowest BCUT2D eigenvalue weighted by atomic mass is 10.0. The SMILES string of the molecule is CC(C)c1ccc(NC(=O)C[NH+](C)[C@H](C)c2nc3ccccc3s2)cc1. The minimum atomic E-state index is 0.0211. The third kappa shape index (κ3) is 4.29. The molecule has 5 heteroatoms. The van der Waals surface area contributed by atoms with Crippen LogP contribution in [0, 0.1) is 0 Å². The van der Waals surface area contributed by atoms with E-state index in [-0.39, 0.29) is 11.9 Å². The molecule has 3 rings (SSSR count). The highest BCUT2D eigenvalue weighted by Crippen LogP contribution is 2.24. The number of thiazole rings is 1. The van der Waals surface area contributed by atoms with Crippen LogP contribution in [0.25, 0.3) is 10.2 Å². The smallest absolute Gasteiger partial charge is 0.279 e. The zero-order chi connectivity index (χ0) is 18.7. The Morgan fingerprint density at radius 3 is 2.46 bits per heavy atom. The van der Waals surface area contributed by atoms with Gasteiger partial charge in [-0.15, -0.1) is 11.3 Å². The van der Waals surface area contributed by atoms with Crippen LogP contribution in [0.1, 0.15) is 43.3 Å². The molecule has 26 heavy (non-hydrogen) atoms. The number of nitrogens with zero attached hydrogens (tertiary/aromatic N) is 1. The normalized spacial score (nSPS) is 13.7. The number of hydrogen-bond donors (Lipinski definition) is 2. The molecule has 4 nitrogen and oxygen atoms in total. The third-order valence-corrected chi connectivity index (χ3v) is 5.94. The van der Waals surface area contributed by atoms with Crippen LogP contribution in [0.3, 0.4) is 0 Å².